The smallest absolute Gasteiger partial charge is 0.269 e. The Labute approximate surface area is 125 Å². The molecule has 1 N–H and O–H groups in total. The second-order valence-electron chi connectivity index (χ2n) is 5.54. The average molecular weight is 284 g/mol. The summed E-state index contributed by atoms with van der Waals surface area (Å²) in [5.74, 6) is 0.556. The molecular weight excluding hydrogens is 264 g/mol. The lowest BCUT2D eigenvalue weighted by atomic mass is 9.97. The molecule has 0 spiro atoms. The van der Waals surface area contributed by atoms with Gasteiger partial charge in [-0.25, -0.2) is 0 Å². The van der Waals surface area contributed by atoms with E-state index in [1.165, 1.54) is 17.7 Å². The van der Waals surface area contributed by atoms with Crippen molar-refractivity contribution in [3.8, 4) is 0 Å². The number of nitro benzene ring substituents is 1. The molecule has 0 saturated heterocycles. The number of rotatable bonds is 6. The zero-order chi connectivity index (χ0) is 15.2. The van der Waals surface area contributed by atoms with E-state index in [9.17, 15) is 10.1 Å². The van der Waals surface area contributed by atoms with E-state index in [0.717, 1.165) is 12.1 Å². The third-order valence-corrected chi connectivity index (χ3v) is 3.33. The monoisotopic (exact) mass is 284 g/mol. The number of anilines is 1. The number of hydrogen-bond acceptors (Lipinski definition) is 3. The predicted molar refractivity (Wildman–Crippen MR) is 85.4 cm³/mol. The lowest BCUT2D eigenvalue weighted by Gasteiger charge is -2.22. The molecule has 1 atom stereocenters. The highest BCUT2D eigenvalue weighted by Gasteiger charge is 2.13. The van der Waals surface area contributed by atoms with Gasteiger partial charge < -0.3 is 5.32 Å². The number of nitrogens with zero attached hydrogens (tertiary/aromatic N) is 1. The molecule has 0 heterocycles. The maximum atomic E-state index is 10.7. The van der Waals surface area contributed by atoms with E-state index in [4.69, 9.17) is 0 Å². The van der Waals surface area contributed by atoms with Crippen molar-refractivity contribution in [3.05, 3.63) is 70.3 Å². The maximum Gasteiger partial charge on any atom is 0.269 e. The van der Waals surface area contributed by atoms with Gasteiger partial charge in [-0.15, -0.1) is 0 Å². The van der Waals surface area contributed by atoms with Crippen LogP contribution in [0.15, 0.2) is 54.6 Å². The van der Waals surface area contributed by atoms with Gasteiger partial charge >= 0.3 is 0 Å². The van der Waals surface area contributed by atoms with Crippen LogP contribution in [0.4, 0.5) is 11.4 Å². The van der Waals surface area contributed by atoms with Crippen LogP contribution < -0.4 is 5.32 Å². The van der Waals surface area contributed by atoms with Crippen LogP contribution in [-0.4, -0.2) is 4.92 Å². The molecule has 21 heavy (non-hydrogen) atoms. The summed E-state index contributed by atoms with van der Waals surface area (Å²) < 4.78 is 0. The summed E-state index contributed by atoms with van der Waals surface area (Å²) in [4.78, 5) is 10.3. The first-order valence-corrected chi connectivity index (χ1v) is 7.12. The van der Waals surface area contributed by atoms with Crippen LogP contribution >= 0.6 is 0 Å². The fourth-order valence-electron chi connectivity index (χ4n) is 2.32. The van der Waals surface area contributed by atoms with Crippen LogP contribution in [-0.2, 0) is 0 Å². The summed E-state index contributed by atoms with van der Waals surface area (Å²) in [5, 5.41) is 14.2. The Morgan fingerprint density at radius 2 is 1.67 bits per heavy atom. The first-order valence-electron chi connectivity index (χ1n) is 7.12. The number of benzene rings is 2. The van der Waals surface area contributed by atoms with Crippen molar-refractivity contribution in [2.24, 2.45) is 5.92 Å². The molecule has 0 saturated carbocycles. The molecule has 110 valence electrons. The molecule has 4 nitrogen and oxygen atoms in total. The van der Waals surface area contributed by atoms with Crippen LogP contribution in [0.1, 0.15) is 31.9 Å². The van der Waals surface area contributed by atoms with E-state index in [2.05, 4.69) is 31.3 Å². The summed E-state index contributed by atoms with van der Waals surface area (Å²) in [6, 6.07) is 17.0. The number of non-ortho nitro benzene ring substituents is 1. The second-order valence-corrected chi connectivity index (χ2v) is 5.54. The fourth-order valence-corrected chi connectivity index (χ4v) is 2.32. The Bertz CT molecular complexity index is 579. The summed E-state index contributed by atoms with van der Waals surface area (Å²) >= 11 is 0. The van der Waals surface area contributed by atoms with Crippen LogP contribution in [0.3, 0.4) is 0 Å². The number of nitro groups is 1. The number of nitrogens with one attached hydrogen (secondary N) is 1. The van der Waals surface area contributed by atoms with Crippen molar-refractivity contribution in [2.75, 3.05) is 5.32 Å². The Morgan fingerprint density at radius 3 is 2.19 bits per heavy atom. The Morgan fingerprint density at radius 1 is 1.05 bits per heavy atom. The zero-order valence-corrected chi connectivity index (χ0v) is 12.3. The van der Waals surface area contributed by atoms with E-state index >= 15 is 0 Å². The average Bonchev–Trinajstić information content (AvgIpc) is 2.47. The van der Waals surface area contributed by atoms with Gasteiger partial charge in [-0.2, -0.15) is 0 Å². The van der Waals surface area contributed by atoms with Crippen molar-refractivity contribution < 1.29 is 4.92 Å². The summed E-state index contributed by atoms with van der Waals surface area (Å²) in [5.41, 5.74) is 2.24. The molecule has 4 heteroatoms. The van der Waals surface area contributed by atoms with Gasteiger partial charge in [-0.05, 0) is 30.0 Å². The lowest BCUT2D eigenvalue weighted by Crippen LogP contribution is -2.13. The molecule has 2 aromatic carbocycles. The maximum absolute atomic E-state index is 10.7. The highest BCUT2D eigenvalue weighted by atomic mass is 16.6. The fraction of sp³-hybridized carbons (Fsp3) is 0.294. The molecule has 0 aliphatic carbocycles. The molecule has 0 aromatic heterocycles. The van der Waals surface area contributed by atoms with Gasteiger partial charge in [0.05, 0.1) is 11.0 Å². The topological polar surface area (TPSA) is 55.2 Å². The molecule has 0 aliphatic rings. The molecule has 1 unspecified atom stereocenters. The van der Waals surface area contributed by atoms with Crippen LogP contribution in [0.5, 0.6) is 0 Å². The molecule has 0 radical (unpaired) electrons. The highest BCUT2D eigenvalue weighted by Crippen LogP contribution is 2.26. The third kappa shape index (κ3) is 4.31. The molecule has 0 bridgehead atoms. The minimum atomic E-state index is -0.382. The normalized spacial score (nSPS) is 12.1. The van der Waals surface area contributed by atoms with Gasteiger partial charge in [0.15, 0.2) is 0 Å². The standard InChI is InChI=1S/C17H20N2O2/c1-13(2)12-17(14-6-4-3-5-7-14)18-15-8-10-16(11-9-15)19(20)21/h3-11,13,17-18H,12H2,1-2H3. The Balaban J connectivity index is 2.17. The molecule has 2 aromatic rings. The molecular formula is C17H20N2O2. The van der Waals surface area contributed by atoms with Crippen molar-refractivity contribution >= 4 is 11.4 Å². The zero-order valence-electron chi connectivity index (χ0n) is 12.3. The SMILES string of the molecule is CC(C)CC(Nc1ccc([N+](=O)[O-])cc1)c1ccccc1. The van der Waals surface area contributed by atoms with Crippen molar-refractivity contribution in [1.29, 1.82) is 0 Å². The van der Waals surface area contributed by atoms with Crippen molar-refractivity contribution in [3.63, 3.8) is 0 Å². The summed E-state index contributed by atoms with van der Waals surface area (Å²) in [7, 11) is 0. The van der Waals surface area contributed by atoms with Crippen LogP contribution in [0.2, 0.25) is 0 Å². The van der Waals surface area contributed by atoms with Crippen molar-refractivity contribution in [2.45, 2.75) is 26.3 Å². The van der Waals surface area contributed by atoms with E-state index in [1.807, 2.05) is 18.2 Å². The first kappa shape index (κ1) is 15.0. The molecule has 0 fully saturated rings. The Kier molecular flexibility index (Phi) is 4.93. The molecule has 0 aliphatic heterocycles. The first-order chi connectivity index (χ1) is 10.1. The highest BCUT2D eigenvalue weighted by molar-refractivity contribution is 5.50. The van der Waals surface area contributed by atoms with Gasteiger partial charge in [0.2, 0.25) is 0 Å². The van der Waals surface area contributed by atoms with Gasteiger partial charge in [0, 0.05) is 17.8 Å². The summed E-state index contributed by atoms with van der Waals surface area (Å²) in [6.45, 7) is 4.38. The van der Waals surface area contributed by atoms with E-state index < -0.39 is 0 Å². The second kappa shape index (κ2) is 6.88. The molecule has 2 rings (SSSR count). The van der Waals surface area contributed by atoms with Gasteiger partial charge in [0.25, 0.3) is 5.69 Å². The van der Waals surface area contributed by atoms with Crippen LogP contribution in [0.25, 0.3) is 0 Å². The number of hydrogen-bond donors (Lipinski definition) is 1. The quantitative estimate of drug-likeness (QED) is 0.612. The minimum absolute atomic E-state index is 0.112. The van der Waals surface area contributed by atoms with Crippen LogP contribution in [0, 0.1) is 16.0 Å². The van der Waals surface area contributed by atoms with Crippen molar-refractivity contribution in [1.82, 2.24) is 0 Å². The molecule has 0 amide bonds. The minimum Gasteiger partial charge on any atom is -0.378 e. The largest absolute Gasteiger partial charge is 0.378 e. The van der Waals surface area contributed by atoms with E-state index in [-0.39, 0.29) is 16.7 Å². The third-order valence-electron chi connectivity index (χ3n) is 3.33. The van der Waals surface area contributed by atoms with Gasteiger partial charge in [0.1, 0.15) is 0 Å². The van der Waals surface area contributed by atoms with E-state index in [0.29, 0.717) is 5.92 Å². The van der Waals surface area contributed by atoms with E-state index in [1.54, 1.807) is 12.1 Å². The van der Waals surface area contributed by atoms with Gasteiger partial charge in [-0.3, -0.25) is 10.1 Å². The van der Waals surface area contributed by atoms with Gasteiger partial charge in [-0.1, -0.05) is 44.2 Å². The Hall–Kier alpha value is -2.36. The predicted octanol–water partition coefficient (Wildman–Crippen LogP) is 4.79. The lowest BCUT2D eigenvalue weighted by molar-refractivity contribution is -0.384. The summed E-state index contributed by atoms with van der Waals surface area (Å²) in [6.07, 6.45) is 1.00.